The first kappa shape index (κ1) is 8.07. The summed E-state index contributed by atoms with van der Waals surface area (Å²) < 4.78 is 0.734. The van der Waals surface area contributed by atoms with Crippen LogP contribution >= 0.6 is 15.9 Å². The van der Waals surface area contributed by atoms with Gasteiger partial charge in [0.15, 0.2) is 6.29 Å². The van der Waals surface area contributed by atoms with E-state index in [2.05, 4.69) is 20.9 Å². The van der Waals surface area contributed by atoms with Crippen molar-refractivity contribution in [2.24, 2.45) is 0 Å². The second-order valence-electron chi connectivity index (χ2n) is 1.84. The maximum absolute atomic E-state index is 10.7. The first-order valence-electron chi connectivity index (χ1n) is 2.85. The number of ketones is 1. The van der Waals surface area contributed by atoms with E-state index < -0.39 is 5.78 Å². The Morgan fingerprint density at radius 2 is 2.36 bits per heavy atom. The van der Waals surface area contributed by atoms with Crippen LogP contribution in [-0.2, 0) is 4.79 Å². The lowest BCUT2D eigenvalue weighted by atomic mass is 10.3. The van der Waals surface area contributed by atoms with Gasteiger partial charge in [0.05, 0.1) is 0 Å². The highest BCUT2D eigenvalue weighted by atomic mass is 79.9. The van der Waals surface area contributed by atoms with Crippen molar-refractivity contribution < 1.29 is 9.59 Å². The van der Waals surface area contributed by atoms with Gasteiger partial charge in [-0.05, 0) is 12.1 Å². The van der Waals surface area contributed by atoms with Gasteiger partial charge in [0.1, 0.15) is 5.69 Å². The van der Waals surface area contributed by atoms with Gasteiger partial charge in [0.25, 0.3) is 0 Å². The van der Waals surface area contributed by atoms with Crippen molar-refractivity contribution in [1.29, 1.82) is 0 Å². The summed E-state index contributed by atoms with van der Waals surface area (Å²) >= 11 is 3.15. The minimum Gasteiger partial charge on any atom is -0.294 e. The highest BCUT2D eigenvalue weighted by Gasteiger charge is 2.04. The molecule has 0 saturated heterocycles. The third-order valence-electron chi connectivity index (χ3n) is 1.08. The molecule has 0 bridgehead atoms. The minimum atomic E-state index is -0.605. The van der Waals surface area contributed by atoms with Crippen LogP contribution < -0.4 is 0 Å². The summed E-state index contributed by atoms with van der Waals surface area (Å²) in [5, 5.41) is 0. The summed E-state index contributed by atoms with van der Waals surface area (Å²) in [6.45, 7) is 0. The number of hydrogen-bond acceptors (Lipinski definition) is 3. The molecule has 0 atom stereocenters. The fourth-order valence-corrected chi connectivity index (χ4v) is 0.935. The van der Waals surface area contributed by atoms with E-state index in [1.54, 1.807) is 6.07 Å². The monoisotopic (exact) mass is 213 g/mol. The molecule has 4 heteroatoms. The molecule has 0 aliphatic rings. The SMILES string of the molecule is O=CC(=O)c1cc(Br)ccn1. The Labute approximate surface area is 71.6 Å². The van der Waals surface area contributed by atoms with Gasteiger partial charge in [-0.3, -0.25) is 14.6 Å². The molecule has 0 aliphatic heterocycles. The molecule has 0 aliphatic carbocycles. The number of carbonyl (C=O) groups excluding carboxylic acids is 2. The van der Waals surface area contributed by atoms with Crippen molar-refractivity contribution in [3.63, 3.8) is 0 Å². The number of carbonyl (C=O) groups is 2. The maximum Gasteiger partial charge on any atom is 0.243 e. The number of rotatable bonds is 2. The Kier molecular flexibility index (Phi) is 2.48. The molecule has 0 unspecified atom stereocenters. The number of hydrogen-bond donors (Lipinski definition) is 0. The Bertz CT molecular complexity index is 298. The summed E-state index contributed by atoms with van der Waals surface area (Å²) in [7, 11) is 0. The highest BCUT2D eigenvalue weighted by molar-refractivity contribution is 9.10. The standard InChI is InChI=1S/C7H4BrNO2/c8-5-1-2-9-6(3-5)7(11)4-10/h1-4H. The minimum absolute atomic E-state index is 0.161. The Morgan fingerprint density at radius 3 is 2.91 bits per heavy atom. The van der Waals surface area contributed by atoms with Crippen LogP contribution in [0.25, 0.3) is 0 Å². The van der Waals surface area contributed by atoms with Crippen LogP contribution in [0.5, 0.6) is 0 Å². The number of Topliss-reactive ketones (excluding diaryl/α,β-unsaturated/α-hetero) is 1. The van der Waals surface area contributed by atoms with E-state index >= 15 is 0 Å². The van der Waals surface area contributed by atoms with Gasteiger partial charge in [-0.2, -0.15) is 0 Å². The van der Waals surface area contributed by atoms with Crippen molar-refractivity contribution in [1.82, 2.24) is 4.98 Å². The molecule has 11 heavy (non-hydrogen) atoms. The van der Waals surface area contributed by atoms with Crippen LogP contribution in [0, 0.1) is 0 Å². The van der Waals surface area contributed by atoms with E-state index in [0.29, 0.717) is 0 Å². The number of nitrogens with zero attached hydrogens (tertiary/aromatic N) is 1. The quantitative estimate of drug-likeness (QED) is 0.422. The Morgan fingerprint density at radius 1 is 1.64 bits per heavy atom. The fourth-order valence-electron chi connectivity index (χ4n) is 0.600. The van der Waals surface area contributed by atoms with Crippen molar-refractivity contribution in [2.75, 3.05) is 0 Å². The van der Waals surface area contributed by atoms with Crippen molar-refractivity contribution in [3.8, 4) is 0 Å². The molecule has 3 nitrogen and oxygen atoms in total. The van der Waals surface area contributed by atoms with Gasteiger partial charge in [0.2, 0.25) is 5.78 Å². The van der Waals surface area contributed by atoms with Gasteiger partial charge in [-0.1, -0.05) is 15.9 Å². The largest absolute Gasteiger partial charge is 0.294 e. The summed E-state index contributed by atoms with van der Waals surface area (Å²) in [6.07, 6.45) is 1.70. The van der Waals surface area contributed by atoms with Crippen LogP contribution in [0.1, 0.15) is 10.5 Å². The number of pyridine rings is 1. The number of aldehydes is 1. The van der Waals surface area contributed by atoms with Crippen molar-refractivity contribution in [3.05, 3.63) is 28.5 Å². The number of aromatic nitrogens is 1. The predicted molar refractivity (Wildman–Crippen MR) is 42.3 cm³/mol. The lowest BCUT2D eigenvalue weighted by Gasteiger charge is -1.91. The van der Waals surface area contributed by atoms with Crippen LogP contribution in [-0.4, -0.2) is 17.1 Å². The van der Waals surface area contributed by atoms with E-state index in [4.69, 9.17) is 0 Å². The molecule has 0 aromatic carbocycles. The Hall–Kier alpha value is -1.03. The smallest absolute Gasteiger partial charge is 0.243 e. The second-order valence-corrected chi connectivity index (χ2v) is 2.76. The maximum atomic E-state index is 10.7. The average Bonchev–Trinajstić information content (AvgIpc) is 2.03. The summed E-state index contributed by atoms with van der Waals surface area (Å²) in [5.41, 5.74) is 0.161. The topological polar surface area (TPSA) is 47.0 Å². The molecular weight excluding hydrogens is 210 g/mol. The molecule has 1 heterocycles. The van der Waals surface area contributed by atoms with Gasteiger partial charge < -0.3 is 0 Å². The first-order chi connectivity index (χ1) is 5.24. The summed E-state index contributed by atoms with van der Waals surface area (Å²) in [4.78, 5) is 24.4. The van der Waals surface area contributed by atoms with Crippen LogP contribution in [0.3, 0.4) is 0 Å². The van der Waals surface area contributed by atoms with E-state index in [0.717, 1.165) is 4.47 Å². The van der Waals surface area contributed by atoms with Crippen molar-refractivity contribution in [2.45, 2.75) is 0 Å². The zero-order chi connectivity index (χ0) is 8.27. The van der Waals surface area contributed by atoms with E-state index in [1.807, 2.05) is 0 Å². The highest BCUT2D eigenvalue weighted by Crippen LogP contribution is 2.08. The normalized spacial score (nSPS) is 9.18. The van der Waals surface area contributed by atoms with Gasteiger partial charge in [0, 0.05) is 10.7 Å². The van der Waals surface area contributed by atoms with Crippen LogP contribution in [0.2, 0.25) is 0 Å². The molecule has 0 saturated carbocycles. The van der Waals surface area contributed by atoms with Gasteiger partial charge in [-0.15, -0.1) is 0 Å². The molecular formula is C7H4BrNO2. The summed E-state index contributed by atoms with van der Waals surface area (Å²) in [6, 6.07) is 3.18. The summed E-state index contributed by atoms with van der Waals surface area (Å²) in [5.74, 6) is -0.605. The molecule has 0 radical (unpaired) electrons. The predicted octanol–water partition coefficient (Wildman–Crippen LogP) is 1.23. The third-order valence-corrected chi connectivity index (χ3v) is 1.57. The van der Waals surface area contributed by atoms with E-state index in [1.165, 1.54) is 12.3 Å². The second kappa shape index (κ2) is 3.39. The molecule has 1 rings (SSSR count). The van der Waals surface area contributed by atoms with Gasteiger partial charge >= 0.3 is 0 Å². The zero-order valence-corrected chi connectivity index (χ0v) is 7.04. The lowest BCUT2D eigenvalue weighted by molar-refractivity contribution is -0.104. The molecule has 0 N–H and O–H groups in total. The zero-order valence-electron chi connectivity index (χ0n) is 5.45. The molecule has 56 valence electrons. The van der Waals surface area contributed by atoms with Gasteiger partial charge in [-0.25, -0.2) is 0 Å². The first-order valence-corrected chi connectivity index (χ1v) is 3.64. The van der Waals surface area contributed by atoms with Crippen LogP contribution in [0.15, 0.2) is 22.8 Å². The average molecular weight is 214 g/mol. The molecule has 0 spiro atoms. The molecule has 0 amide bonds. The molecule has 1 aromatic rings. The molecule has 0 fully saturated rings. The van der Waals surface area contributed by atoms with Crippen molar-refractivity contribution >= 4 is 28.0 Å². The lowest BCUT2D eigenvalue weighted by Crippen LogP contribution is -2.01. The van der Waals surface area contributed by atoms with E-state index in [-0.39, 0.29) is 12.0 Å². The van der Waals surface area contributed by atoms with E-state index in [9.17, 15) is 9.59 Å². The number of halogens is 1. The third kappa shape index (κ3) is 1.94. The molecule has 1 aromatic heterocycles. The fraction of sp³-hybridized carbons (Fsp3) is 0. The Balaban J connectivity index is 3.05. The van der Waals surface area contributed by atoms with Crippen LogP contribution in [0.4, 0.5) is 0 Å².